The van der Waals surface area contributed by atoms with E-state index in [2.05, 4.69) is 9.97 Å². The molecule has 1 heterocycles. The van der Waals surface area contributed by atoms with Crippen molar-refractivity contribution in [2.45, 2.75) is 19.8 Å². The van der Waals surface area contributed by atoms with Gasteiger partial charge in [0.2, 0.25) is 0 Å². The molecule has 26 heavy (non-hydrogen) atoms. The Morgan fingerprint density at radius 3 is 2.69 bits per heavy atom. The SMILES string of the molecule is Cc1ccccc1OCCOC(=O)CCc1nc2ccccc2c(=O)[nH]1. The molecular weight excluding hydrogens is 332 g/mol. The van der Waals surface area contributed by atoms with Crippen molar-refractivity contribution < 1.29 is 14.3 Å². The first-order chi connectivity index (χ1) is 12.6. The van der Waals surface area contributed by atoms with E-state index in [0.29, 0.717) is 29.8 Å². The van der Waals surface area contributed by atoms with Crippen molar-refractivity contribution in [3.63, 3.8) is 0 Å². The van der Waals surface area contributed by atoms with Crippen molar-refractivity contribution >= 4 is 16.9 Å². The molecule has 0 amide bonds. The minimum atomic E-state index is -0.353. The normalized spacial score (nSPS) is 10.7. The first-order valence-electron chi connectivity index (χ1n) is 8.45. The number of carbonyl (C=O) groups is 1. The van der Waals surface area contributed by atoms with Gasteiger partial charge in [-0.15, -0.1) is 0 Å². The lowest BCUT2D eigenvalue weighted by atomic mass is 10.2. The van der Waals surface area contributed by atoms with Gasteiger partial charge in [0.05, 0.1) is 17.3 Å². The number of carbonyl (C=O) groups excluding carboxylic acids is 1. The summed E-state index contributed by atoms with van der Waals surface area (Å²) in [5.41, 5.74) is 1.45. The van der Waals surface area contributed by atoms with Crippen molar-refractivity contribution in [2.75, 3.05) is 13.2 Å². The number of nitrogens with one attached hydrogen (secondary N) is 1. The molecule has 0 bridgehead atoms. The molecule has 0 unspecified atom stereocenters. The third-order valence-electron chi connectivity index (χ3n) is 3.93. The molecule has 0 aliphatic rings. The van der Waals surface area contributed by atoms with Gasteiger partial charge >= 0.3 is 5.97 Å². The van der Waals surface area contributed by atoms with Crippen LogP contribution in [0, 0.1) is 6.92 Å². The molecule has 6 heteroatoms. The van der Waals surface area contributed by atoms with Crippen molar-refractivity contribution in [3.8, 4) is 5.75 Å². The number of rotatable bonds is 7. The van der Waals surface area contributed by atoms with Gasteiger partial charge in [0.1, 0.15) is 24.8 Å². The van der Waals surface area contributed by atoms with Gasteiger partial charge in [-0.25, -0.2) is 4.98 Å². The van der Waals surface area contributed by atoms with Crippen molar-refractivity contribution in [1.82, 2.24) is 9.97 Å². The second kappa shape index (κ2) is 8.29. The van der Waals surface area contributed by atoms with E-state index in [-0.39, 0.29) is 24.6 Å². The van der Waals surface area contributed by atoms with E-state index >= 15 is 0 Å². The summed E-state index contributed by atoms with van der Waals surface area (Å²) < 4.78 is 10.7. The average molecular weight is 352 g/mol. The van der Waals surface area contributed by atoms with Crippen molar-refractivity contribution in [1.29, 1.82) is 0 Å². The number of fused-ring (bicyclic) bond motifs is 1. The topological polar surface area (TPSA) is 81.3 Å². The lowest BCUT2D eigenvalue weighted by Gasteiger charge is -2.09. The van der Waals surface area contributed by atoms with E-state index in [1.54, 1.807) is 18.2 Å². The Hall–Kier alpha value is -3.15. The molecule has 3 rings (SSSR count). The second-order valence-electron chi connectivity index (χ2n) is 5.86. The molecule has 1 N–H and O–H groups in total. The maximum atomic E-state index is 12.0. The minimum absolute atomic E-state index is 0.144. The van der Waals surface area contributed by atoms with Crippen LogP contribution in [0.2, 0.25) is 0 Å². The van der Waals surface area contributed by atoms with Gasteiger partial charge in [0.15, 0.2) is 0 Å². The number of hydrogen-bond acceptors (Lipinski definition) is 5. The number of aryl methyl sites for hydroxylation is 2. The molecule has 2 aromatic carbocycles. The Morgan fingerprint density at radius 1 is 1.08 bits per heavy atom. The molecule has 0 saturated heterocycles. The smallest absolute Gasteiger partial charge is 0.306 e. The fourth-order valence-corrected chi connectivity index (χ4v) is 2.57. The summed E-state index contributed by atoms with van der Waals surface area (Å²) in [6.45, 7) is 2.43. The summed E-state index contributed by atoms with van der Waals surface area (Å²) in [6, 6.07) is 14.8. The number of ether oxygens (including phenoxy) is 2. The first-order valence-corrected chi connectivity index (χ1v) is 8.45. The summed E-state index contributed by atoms with van der Waals surface area (Å²) in [4.78, 5) is 30.9. The van der Waals surface area contributed by atoms with Crippen LogP contribution in [0.1, 0.15) is 17.8 Å². The zero-order valence-corrected chi connectivity index (χ0v) is 14.5. The molecule has 0 atom stereocenters. The van der Waals surface area contributed by atoms with E-state index in [4.69, 9.17) is 9.47 Å². The van der Waals surface area contributed by atoms with Crippen LogP contribution in [0.15, 0.2) is 53.3 Å². The van der Waals surface area contributed by atoms with E-state index < -0.39 is 0 Å². The van der Waals surface area contributed by atoms with Gasteiger partial charge in [-0.05, 0) is 30.7 Å². The first kappa shape index (κ1) is 17.7. The molecular formula is C20H20N2O4. The number of esters is 1. The Kier molecular flexibility index (Phi) is 5.63. The van der Waals surface area contributed by atoms with Crippen LogP contribution >= 0.6 is 0 Å². The van der Waals surface area contributed by atoms with Crippen LogP contribution in [-0.4, -0.2) is 29.2 Å². The highest BCUT2D eigenvalue weighted by Gasteiger charge is 2.08. The van der Waals surface area contributed by atoms with Gasteiger partial charge in [-0.2, -0.15) is 0 Å². The summed E-state index contributed by atoms with van der Waals surface area (Å²) in [5.74, 6) is 0.900. The number of para-hydroxylation sites is 2. The van der Waals surface area contributed by atoms with Crippen LogP contribution in [0.5, 0.6) is 5.75 Å². The highest BCUT2D eigenvalue weighted by atomic mass is 16.6. The Labute approximate surface area is 150 Å². The van der Waals surface area contributed by atoms with Crippen LogP contribution in [0.4, 0.5) is 0 Å². The standard InChI is InChI=1S/C20H20N2O4/c1-14-6-2-5-9-17(14)25-12-13-26-19(23)11-10-18-21-16-8-4-3-7-15(16)20(24)22-18/h2-9H,10-13H2,1H3,(H,21,22,24). The molecule has 3 aromatic rings. The van der Waals surface area contributed by atoms with E-state index in [1.807, 2.05) is 37.3 Å². The average Bonchev–Trinajstić information content (AvgIpc) is 2.65. The highest BCUT2D eigenvalue weighted by Crippen LogP contribution is 2.15. The summed E-state index contributed by atoms with van der Waals surface area (Å²) >= 11 is 0. The Balaban J connectivity index is 1.46. The third-order valence-corrected chi connectivity index (χ3v) is 3.93. The number of benzene rings is 2. The van der Waals surface area contributed by atoms with Gasteiger partial charge in [-0.3, -0.25) is 9.59 Å². The molecule has 134 valence electrons. The Bertz CT molecular complexity index is 965. The summed E-state index contributed by atoms with van der Waals surface area (Å²) in [6.07, 6.45) is 0.462. The van der Waals surface area contributed by atoms with E-state index in [9.17, 15) is 9.59 Å². The number of hydrogen-bond donors (Lipinski definition) is 1. The fraction of sp³-hybridized carbons (Fsp3) is 0.250. The maximum Gasteiger partial charge on any atom is 0.306 e. The van der Waals surface area contributed by atoms with Gasteiger partial charge in [0.25, 0.3) is 5.56 Å². The quantitative estimate of drug-likeness (QED) is 0.522. The number of H-pyrrole nitrogens is 1. The van der Waals surface area contributed by atoms with Crippen LogP contribution < -0.4 is 10.3 Å². The zero-order chi connectivity index (χ0) is 18.4. The lowest BCUT2D eigenvalue weighted by Crippen LogP contribution is -2.15. The molecule has 1 aromatic heterocycles. The highest BCUT2D eigenvalue weighted by molar-refractivity contribution is 5.77. The van der Waals surface area contributed by atoms with Gasteiger partial charge < -0.3 is 14.5 Å². The molecule has 0 radical (unpaired) electrons. The van der Waals surface area contributed by atoms with E-state index in [0.717, 1.165) is 11.3 Å². The largest absolute Gasteiger partial charge is 0.490 e. The molecule has 0 saturated carbocycles. The minimum Gasteiger partial charge on any atom is -0.490 e. The monoisotopic (exact) mass is 352 g/mol. The third kappa shape index (κ3) is 4.47. The Morgan fingerprint density at radius 2 is 1.85 bits per heavy atom. The van der Waals surface area contributed by atoms with Crippen LogP contribution in [0.25, 0.3) is 10.9 Å². The predicted octanol–water partition coefficient (Wildman–Crippen LogP) is 2.79. The summed E-state index contributed by atoms with van der Waals surface area (Å²) in [7, 11) is 0. The van der Waals surface area contributed by atoms with Gasteiger partial charge in [-0.1, -0.05) is 30.3 Å². The number of aromatic nitrogens is 2. The molecule has 6 nitrogen and oxygen atoms in total. The fourth-order valence-electron chi connectivity index (χ4n) is 2.57. The zero-order valence-electron chi connectivity index (χ0n) is 14.5. The van der Waals surface area contributed by atoms with Gasteiger partial charge in [0, 0.05) is 6.42 Å². The van der Waals surface area contributed by atoms with Crippen molar-refractivity contribution in [2.24, 2.45) is 0 Å². The molecule has 0 aliphatic heterocycles. The maximum absolute atomic E-state index is 12.0. The molecule has 0 aliphatic carbocycles. The van der Waals surface area contributed by atoms with Crippen molar-refractivity contribution in [3.05, 3.63) is 70.3 Å². The number of nitrogens with zero attached hydrogens (tertiary/aromatic N) is 1. The van der Waals surface area contributed by atoms with Crippen LogP contribution in [-0.2, 0) is 16.0 Å². The lowest BCUT2D eigenvalue weighted by molar-refractivity contribution is -0.144. The molecule has 0 fully saturated rings. The van der Waals surface area contributed by atoms with Crippen LogP contribution in [0.3, 0.4) is 0 Å². The number of aromatic amines is 1. The summed E-state index contributed by atoms with van der Waals surface area (Å²) in [5, 5.41) is 0.534. The predicted molar refractivity (Wildman–Crippen MR) is 98.3 cm³/mol. The molecule has 0 spiro atoms. The second-order valence-corrected chi connectivity index (χ2v) is 5.86. The van der Waals surface area contributed by atoms with E-state index in [1.165, 1.54) is 0 Å².